The fourth-order valence-electron chi connectivity index (χ4n) is 5.44. The highest BCUT2D eigenvalue weighted by atomic mass is 32.2. The number of carbonyl (C=O) groups is 2. The molecular formula is C27H34N4O5S. The number of nitrogens with zero attached hydrogens (tertiary/aromatic N) is 4. The maximum atomic E-state index is 13.5. The van der Waals surface area contributed by atoms with Crippen LogP contribution in [0.1, 0.15) is 53.1 Å². The number of pyridine rings is 1. The SMILES string of the molecule is COC[C@@H]1CCC(=O)N1c1ccc(C(=O)N2CCN(c3ncc(C4CC4)cc3C)CC2)c(S(C)(=O)=O)c1. The maximum Gasteiger partial charge on any atom is 0.255 e. The van der Waals surface area contributed by atoms with Crippen molar-refractivity contribution in [1.82, 2.24) is 9.88 Å². The van der Waals surface area contributed by atoms with Crippen molar-refractivity contribution in [3.8, 4) is 0 Å². The number of anilines is 2. The molecular weight excluding hydrogens is 492 g/mol. The number of benzene rings is 1. The highest BCUT2D eigenvalue weighted by Crippen LogP contribution is 2.40. The molecule has 3 aliphatic rings. The largest absolute Gasteiger partial charge is 0.383 e. The normalized spacial score (nSPS) is 20.6. The van der Waals surface area contributed by atoms with Gasteiger partial charge in [0.1, 0.15) is 5.82 Å². The van der Waals surface area contributed by atoms with Crippen molar-refractivity contribution in [3.63, 3.8) is 0 Å². The van der Waals surface area contributed by atoms with E-state index in [-0.39, 0.29) is 28.3 Å². The highest BCUT2D eigenvalue weighted by molar-refractivity contribution is 7.90. The van der Waals surface area contributed by atoms with Crippen LogP contribution in [0.25, 0.3) is 0 Å². The Balaban J connectivity index is 1.34. The Morgan fingerprint density at radius 2 is 1.84 bits per heavy atom. The van der Waals surface area contributed by atoms with Gasteiger partial charge in [-0.3, -0.25) is 9.59 Å². The summed E-state index contributed by atoms with van der Waals surface area (Å²) < 4.78 is 30.7. The van der Waals surface area contributed by atoms with Crippen molar-refractivity contribution in [2.24, 2.45) is 0 Å². The van der Waals surface area contributed by atoms with E-state index in [2.05, 4.69) is 17.9 Å². The van der Waals surface area contributed by atoms with Crippen LogP contribution in [0.3, 0.4) is 0 Å². The zero-order chi connectivity index (χ0) is 26.3. The molecule has 0 unspecified atom stereocenters. The number of rotatable bonds is 7. The van der Waals surface area contributed by atoms with Crippen LogP contribution in [0.4, 0.5) is 11.5 Å². The van der Waals surface area contributed by atoms with E-state index < -0.39 is 9.84 Å². The second kappa shape index (κ2) is 10.1. The van der Waals surface area contributed by atoms with Gasteiger partial charge in [0.15, 0.2) is 9.84 Å². The van der Waals surface area contributed by atoms with Gasteiger partial charge in [-0.15, -0.1) is 0 Å². The molecule has 0 bridgehead atoms. The summed E-state index contributed by atoms with van der Waals surface area (Å²) in [4.78, 5) is 36.2. The van der Waals surface area contributed by atoms with Crippen LogP contribution in [0, 0.1) is 6.92 Å². The predicted octanol–water partition coefficient (Wildman–Crippen LogP) is 2.78. The second-order valence-corrected chi connectivity index (χ2v) is 12.3. The molecule has 2 amide bonds. The molecule has 10 heteroatoms. The molecule has 9 nitrogen and oxygen atoms in total. The Bertz CT molecular complexity index is 1320. The molecule has 2 aliphatic heterocycles. The van der Waals surface area contributed by atoms with Gasteiger partial charge in [-0.2, -0.15) is 0 Å². The third-order valence-corrected chi connectivity index (χ3v) is 8.68. The van der Waals surface area contributed by atoms with Gasteiger partial charge in [0.2, 0.25) is 5.91 Å². The lowest BCUT2D eigenvalue weighted by atomic mass is 10.1. The Morgan fingerprint density at radius 3 is 2.46 bits per heavy atom. The van der Waals surface area contributed by atoms with E-state index in [0.717, 1.165) is 17.6 Å². The van der Waals surface area contributed by atoms with Crippen molar-refractivity contribution in [1.29, 1.82) is 0 Å². The van der Waals surface area contributed by atoms with Crippen molar-refractivity contribution in [2.45, 2.75) is 49.5 Å². The summed E-state index contributed by atoms with van der Waals surface area (Å²) in [7, 11) is -2.14. The average Bonchev–Trinajstić information content (AvgIpc) is 3.66. The zero-order valence-corrected chi connectivity index (χ0v) is 22.5. The number of carbonyl (C=O) groups excluding carboxylic acids is 2. The van der Waals surface area contributed by atoms with Crippen LogP contribution in [0.5, 0.6) is 0 Å². The van der Waals surface area contributed by atoms with Gasteiger partial charge in [-0.25, -0.2) is 13.4 Å². The molecule has 3 fully saturated rings. The number of hydrogen-bond donors (Lipinski definition) is 0. The van der Waals surface area contributed by atoms with Crippen LogP contribution in [0.15, 0.2) is 35.4 Å². The number of sulfone groups is 1. The Labute approximate surface area is 218 Å². The summed E-state index contributed by atoms with van der Waals surface area (Å²) in [5, 5.41) is 0. The second-order valence-electron chi connectivity index (χ2n) is 10.3. The third kappa shape index (κ3) is 5.22. The molecule has 1 aromatic carbocycles. The lowest BCUT2D eigenvalue weighted by molar-refractivity contribution is -0.117. The monoisotopic (exact) mass is 526 g/mol. The van der Waals surface area contributed by atoms with E-state index in [9.17, 15) is 18.0 Å². The smallest absolute Gasteiger partial charge is 0.255 e. The summed E-state index contributed by atoms with van der Waals surface area (Å²) in [6.45, 7) is 4.62. The number of ether oxygens (including phenoxy) is 1. The van der Waals surface area contributed by atoms with E-state index >= 15 is 0 Å². The summed E-state index contributed by atoms with van der Waals surface area (Å²) in [5.74, 6) is 1.20. The molecule has 0 spiro atoms. The fourth-order valence-corrected chi connectivity index (χ4v) is 6.33. The molecule has 1 aliphatic carbocycles. The first-order valence-corrected chi connectivity index (χ1v) is 14.7. The van der Waals surface area contributed by atoms with E-state index in [1.54, 1.807) is 23.0 Å². The molecule has 1 saturated carbocycles. The molecule has 37 heavy (non-hydrogen) atoms. The minimum Gasteiger partial charge on any atom is -0.383 e. The molecule has 198 valence electrons. The summed E-state index contributed by atoms with van der Waals surface area (Å²) in [6, 6.07) is 6.73. The lowest BCUT2D eigenvalue weighted by Crippen LogP contribution is -2.49. The van der Waals surface area contributed by atoms with Crippen molar-refractivity contribution in [2.75, 3.05) is 56.0 Å². The summed E-state index contributed by atoms with van der Waals surface area (Å²) in [6.07, 6.45) is 6.56. The van der Waals surface area contributed by atoms with Crippen LogP contribution < -0.4 is 9.80 Å². The minimum atomic E-state index is -3.72. The van der Waals surface area contributed by atoms with Crippen LogP contribution in [-0.4, -0.2) is 82.3 Å². The van der Waals surface area contributed by atoms with Gasteiger partial charge in [-0.05, 0) is 61.4 Å². The lowest BCUT2D eigenvalue weighted by Gasteiger charge is -2.36. The first kappa shape index (κ1) is 25.7. The van der Waals surface area contributed by atoms with Crippen molar-refractivity contribution < 1.29 is 22.7 Å². The first-order valence-electron chi connectivity index (χ1n) is 12.8. The Morgan fingerprint density at radius 1 is 1.11 bits per heavy atom. The van der Waals surface area contributed by atoms with E-state index in [4.69, 9.17) is 9.72 Å². The highest BCUT2D eigenvalue weighted by Gasteiger charge is 2.34. The Hall–Kier alpha value is -2.98. The van der Waals surface area contributed by atoms with Gasteiger partial charge in [0.05, 0.1) is 23.1 Å². The third-order valence-electron chi connectivity index (χ3n) is 7.54. The molecule has 5 rings (SSSR count). The molecule has 0 radical (unpaired) electrons. The zero-order valence-electron chi connectivity index (χ0n) is 21.6. The summed E-state index contributed by atoms with van der Waals surface area (Å²) in [5.41, 5.74) is 3.05. The fraction of sp³-hybridized carbons (Fsp3) is 0.519. The van der Waals surface area contributed by atoms with Crippen LogP contribution >= 0.6 is 0 Å². The van der Waals surface area contributed by atoms with E-state index in [1.165, 1.54) is 30.5 Å². The Kier molecular flexibility index (Phi) is 6.97. The standard InChI is InChI=1S/C27H34N4O5S/c1-18-14-20(19-4-5-19)16-28-26(18)29-10-12-30(13-11-29)27(33)23-8-6-21(15-24(23)37(3,34)35)31-22(17-36-2)7-9-25(31)32/h6,8,14-16,19,22H,4-5,7,9-13,17H2,1-3H3/t22-/m0/s1. The van der Waals surface area contributed by atoms with E-state index in [0.29, 0.717) is 57.2 Å². The number of aromatic nitrogens is 1. The quantitative estimate of drug-likeness (QED) is 0.547. The van der Waals surface area contributed by atoms with Gasteiger partial charge in [0.25, 0.3) is 5.91 Å². The first-order chi connectivity index (χ1) is 17.7. The number of aryl methyl sites for hydroxylation is 1. The topological polar surface area (TPSA) is 100 Å². The molecule has 1 aromatic heterocycles. The van der Waals surface area contributed by atoms with Crippen LogP contribution in [0.2, 0.25) is 0 Å². The molecule has 1 atom stereocenters. The number of piperazine rings is 1. The van der Waals surface area contributed by atoms with E-state index in [1.807, 2.05) is 6.20 Å². The number of amides is 2. The molecule has 3 heterocycles. The predicted molar refractivity (Wildman–Crippen MR) is 141 cm³/mol. The van der Waals surface area contributed by atoms with Crippen LogP contribution in [-0.2, 0) is 19.4 Å². The minimum absolute atomic E-state index is 0.0542. The maximum absolute atomic E-state index is 13.5. The van der Waals surface area contributed by atoms with Gasteiger partial charge >= 0.3 is 0 Å². The van der Waals surface area contributed by atoms with Gasteiger partial charge in [-0.1, -0.05) is 6.07 Å². The summed E-state index contributed by atoms with van der Waals surface area (Å²) >= 11 is 0. The van der Waals surface area contributed by atoms with Crippen molar-refractivity contribution >= 4 is 33.2 Å². The molecule has 2 aromatic rings. The van der Waals surface area contributed by atoms with Gasteiger partial charge < -0.3 is 19.4 Å². The molecule has 0 N–H and O–H groups in total. The van der Waals surface area contributed by atoms with Gasteiger partial charge in [0, 0.05) is 57.8 Å². The number of hydrogen-bond acceptors (Lipinski definition) is 7. The number of methoxy groups -OCH3 is 1. The average molecular weight is 527 g/mol. The van der Waals surface area contributed by atoms with Crippen molar-refractivity contribution in [3.05, 3.63) is 47.2 Å². The molecule has 2 saturated heterocycles.